The fourth-order valence-electron chi connectivity index (χ4n) is 3.80. The molecule has 2 bridgehead atoms. The van der Waals surface area contributed by atoms with Gasteiger partial charge in [-0.05, 0) is 24.5 Å². The van der Waals surface area contributed by atoms with Crippen molar-refractivity contribution in [1.29, 1.82) is 0 Å². The molecule has 2 aliphatic heterocycles. The maximum atomic E-state index is 11.9. The number of hydrogen-bond donors (Lipinski definition) is 0. The van der Waals surface area contributed by atoms with E-state index in [0.29, 0.717) is 18.5 Å². The molecule has 0 N–H and O–H groups in total. The number of carbonyl (C=O) groups is 1. The fourth-order valence-corrected chi connectivity index (χ4v) is 3.99. The van der Waals surface area contributed by atoms with Crippen LogP contribution in [0, 0.1) is 10.1 Å². The van der Waals surface area contributed by atoms with Crippen LogP contribution in [-0.4, -0.2) is 52.3 Å². The first kappa shape index (κ1) is 17.9. The second-order valence-electron chi connectivity index (χ2n) is 6.60. The van der Waals surface area contributed by atoms with Crippen LogP contribution in [0.3, 0.4) is 0 Å². The smallest absolute Gasteiger partial charge is 0.288 e. The van der Waals surface area contributed by atoms with Gasteiger partial charge in [0.2, 0.25) is 5.91 Å². The van der Waals surface area contributed by atoms with E-state index >= 15 is 0 Å². The molecule has 6 nitrogen and oxygen atoms in total. The van der Waals surface area contributed by atoms with Gasteiger partial charge >= 0.3 is 0 Å². The second-order valence-corrected chi connectivity index (χ2v) is 7.01. The lowest BCUT2D eigenvalue weighted by molar-refractivity contribution is -0.384. The van der Waals surface area contributed by atoms with Crippen LogP contribution in [0.25, 0.3) is 6.08 Å². The number of fused-ring (bicyclic) bond motifs is 2. The molecule has 7 heteroatoms. The van der Waals surface area contributed by atoms with E-state index in [1.165, 1.54) is 6.07 Å². The second kappa shape index (κ2) is 7.54. The van der Waals surface area contributed by atoms with Crippen molar-refractivity contribution in [3.05, 3.63) is 45.0 Å². The van der Waals surface area contributed by atoms with Crippen molar-refractivity contribution in [2.24, 2.45) is 0 Å². The molecule has 2 aliphatic rings. The third-order valence-electron chi connectivity index (χ3n) is 5.08. The van der Waals surface area contributed by atoms with Crippen molar-refractivity contribution in [3.63, 3.8) is 0 Å². The monoisotopic (exact) mass is 363 g/mol. The maximum absolute atomic E-state index is 11.9. The highest BCUT2D eigenvalue weighted by Gasteiger charge is 2.40. The van der Waals surface area contributed by atoms with Crippen molar-refractivity contribution in [2.75, 3.05) is 19.6 Å². The molecular formula is C18H22ClN3O3. The predicted molar refractivity (Wildman–Crippen MR) is 97.5 cm³/mol. The minimum Gasteiger partial charge on any atom is -0.340 e. The molecule has 0 saturated carbocycles. The molecule has 0 aliphatic carbocycles. The number of halogens is 1. The highest BCUT2D eigenvalue weighted by Crippen LogP contribution is 2.30. The number of hydrogen-bond acceptors (Lipinski definition) is 4. The molecule has 25 heavy (non-hydrogen) atoms. The Morgan fingerprint density at radius 2 is 2.04 bits per heavy atom. The Hall–Kier alpha value is -1.92. The van der Waals surface area contributed by atoms with E-state index in [2.05, 4.69) is 4.90 Å². The molecular weight excluding hydrogens is 342 g/mol. The molecule has 2 fully saturated rings. The average molecular weight is 364 g/mol. The number of nitrogens with zero attached hydrogens (tertiary/aromatic N) is 3. The third kappa shape index (κ3) is 3.85. The molecule has 2 unspecified atom stereocenters. The van der Waals surface area contributed by atoms with Gasteiger partial charge in [0, 0.05) is 44.2 Å². The predicted octanol–water partition coefficient (Wildman–Crippen LogP) is 3.35. The number of piperazine rings is 1. The summed E-state index contributed by atoms with van der Waals surface area (Å²) in [5, 5.41) is 11.1. The van der Waals surface area contributed by atoms with E-state index < -0.39 is 4.92 Å². The first-order chi connectivity index (χ1) is 12.0. The summed E-state index contributed by atoms with van der Waals surface area (Å²) in [7, 11) is 0. The number of likely N-dealkylation sites (tertiary alicyclic amines) is 1. The highest BCUT2D eigenvalue weighted by atomic mass is 35.5. The summed E-state index contributed by atoms with van der Waals surface area (Å²) in [6.45, 7) is 4.32. The zero-order valence-corrected chi connectivity index (χ0v) is 15.0. The van der Waals surface area contributed by atoms with Crippen LogP contribution >= 0.6 is 11.6 Å². The molecule has 0 spiro atoms. The van der Waals surface area contributed by atoms with Crippen molar-refractivity contribution in [2.45, 2.75) is 38.3 Å². The highest BCUT2D eigenvalue weighted by molar-refractivity contribution is 6.32. The van der Waals surface area contributed by atoms with Crippen LogP contribution in [0.1, 0.15) is 31.7 Å². The maximum Gasteiger partial charge on any atom is 0.288 e. The Morgan fingerprint density at radius 3 is 2.64 bits per heavy atom. The molecule has 2 saturated heterocycles. The number of amides is 1. The molecule has 0 aromatic heterocycles. The van der Waals surface area contributed by atoms with Gasteiger partial charge in [-0.25, -0.2) is 0 Å². The van der Waals surface area contributed by atoms with Gasteiger partial charge < -0.3 is 4.90 Å². The van der Waals surface area contributed by atoms with Crippen molar-refractivity contribution in [1.82, 2.24) is 9.80 Å². The van der Waals surface area contributed by atoms with E-state index in [1.54, 1.807) is 12.1 Å². The molecule has 2 heterocycles. The molecule has 134 valence electrons. The zero-order chi connectivity index (χ0) is 18.0. The quantitative estimate of drug-likeness (QED) is 0.594. The van der Waals surface area contributed by atoms with Gasteiger partial charge in [0.05, 0.1) is 4.92 Å². The minimum absolute atomic E-state index is 0.0735. The van der Waals surface area contributed by atoms with E-state index in [9.17, 15) is 14.9 Å². The summed E-state index contributed by atoms with van der Waals surface area (Å²) < 4.78 is 0. The Morgan fingerprint density at radius 1 is 1.36 bits per heavy atom. The van der Waals surface area contributed by atoms with Gasteiger partial charge in [-0.3, -0.25) is 19.8 Å². The number of nitro benzene ring substituents is 1. The minimum atomic E-state index is -0.468. The van der Waals surface area contributed by atoms with Crippen LogP contribution in [0.2, 0.25) is 5.02 Å². The molecule has 0 radical (unpaired) electrons. The van der Waals surface area contributed by atoms with Crippen molar-refractivity contribution in [3.8, 4) is 0 Å². The van der Waals surface area contributed by atoms with Gasteiger partial charge in [0.15, 0.2) is 0 Å². The summed E-state index contributed by atoms with van der Waals surface area (Å²) in [4.78, 5) is 26.9. The molecule has 1 aromatic rings. The molecule has 1 amide bonds. The number of rotatable bonds is 5. The third-order valence-corrected chi connectivity index (χ3v) is 5.40. The summed E-state index contributed by atoms with van der Waals surface area (Å²) in [6.07, 6.45) is 6.74. The van der Waals surface area contributed by atoms with Gasteiger partial charge in [0.25, 0.3) is 5.69 Å². The van der Waals surface area contributed by atoms with Crippen molar-refractivity contribution < 1.29 is 9.72 Å². The van der Waals surface area contributed by atoms with Gasteiger partial charge in [0.1, 0.15) is 5.02 Å². The van der Waals surface area contributed by atoms with Crippen molar-refractivity contribution >= 4 is 29.3 Å². The first-order valence-electron chi connectivity index (χ1n) is 8.63. The molecule has 2 atom stereocenters. The topological polar surface area (TPSA) is 66.7 Å². The Bertz CT molecular complexity index is 693. The Labute approximate surface area is 152 Å². The van der Waals surface area contributed by atoms with E-state index in [1.807, 2.05) is 24.0 Å². The SMILES string of the molecule is CCC(=O)N1CC2CCC(C1)N2C/C=C/c1ccc(Cl)c([N+](=O)[O-])c1. The molecule has 3 rings (SSSR count). The lowest BCUT2D eigenvalue weighted by atomic mass is 10.1. The van der Waals surface area contributed by atoms with Gasteiger partial charge in [-0.15, -0.1) is 0 Å². The summed E-state index contributed by atoms with van der Waals surface area (Å²) in [5.41, 5.74) is 0.693. The van der Waals surface area contributed by atoms with Gasteiger partial charge in [-0.1, -0.05) is 36.7 Å². The fraction of sp³-hybridized carbons (Fsp3) is 0.500. The number of nitro groups is 1. The summed E-state index contributed by atoms with van der Waals surface area (Å²) in [5.74, 6) is 0.237. The zero-order valence-electron chi connectivity index (χ0n) is 14.2. The Kier molecular flexibility index (Phi) is 5.39. The van der Waals surface area contributed by atoms with Crippen LogP contribution in [-0.2, 0) is 4.79 Å². The van der Waals surface area contributed by atoms with E-state index in [-0.39, 0.29) is 16.6 Å². The van der Waals surface area contributed by atoms with E-state index in [0.717, 1.165) is 38.0 Å². The van der Waals surface area contributed by atoms with Crippen LogP contribution in [0.5, 0.6) is 0 Å². The number of benzene rings is 1. The van der Waals surface area contributed by atoms with Crippen LogP contribution < -0.4 is 0 Å². The largest absolute Gasteiger partial charge is 0.340 e. The van der Waals surface area contributed by atoms with Crippen LogP contribution in [0.15, 0.2) is 24.3 Å². The lowest BCUT2D eigenvalue weighted by Crippen LogP contribution is -2.55. The number of carbonyl (C=O) groups excluding carboxylic acids is 1. The lowest BCUT2D eigenvalue weighted by Gasteiger charge is -2.40. The standard InChI is InChI=1S/C18H22ClN3O3/c1-2-18(23)20-11-14-6-7-15(12-20)21(14)9-3-4-13-5-8-16(19)17(10-13)22(24)25/h3-5,8,10,14-15H,2,6-7,9,11-12H2,1H3/b4-3+. The summed E-state index contributed by atoms with van der Waals surface area (Å²) in [6, 6.07) is 5.65. The Balaban J connectivity index is 1.63. The van der Waals surface area contributed by atoms with E-state index in [4.69, 9.17) is 11.6 Å². The first-order valence-corrected chi connectivity index (χ1v) is 9.01. The normalized spacial score (nSPS) is 23.4. The van der Waals surface area contributed by atoms with Crippen LogP contribution in [0.4, 0.5) is 5.69 Å². The molecule has 1 aromatic carbocycles. The van der Waals surface area contributed by atoms with Gasteiger partial charge in [-0.2, -0.15) is 0 Å². The average Bonchev–Trinajstić information content (AvgIpc) is 2.83. The summed E-state index contributed by atoms with van der Waals surface area (Å²) >= 11 is 5.84.